The molecular weight excluding hydrogens is 286 g/mol. The normalized spacial score (nSPS) is 10.6. The minimum absolute atomic E-state index is 0.609. The molecule has 0 atom stereocenters. The number of nitrogens with two attached hydrogens (primary N) is 2. The van der Waals surface area contributed by atoms with E-state index in [1.54, 1.807) is 29.2 Å². The molecule has 2 heterocycles. The van der Waals surface area contributed by atoms with E-state index in [0.717, 1.165) is 21.0 Å². The van der Waals surface area contributed by atoms with Crippen molar-refractivity contribution in [2.45, 2.75) is 9.79 Å². The van der Waals surface area contributed by atoms with E-state index in [2.05, 4.69) is 16.4 Å². The number of benzene rings is 1. The quantitative estimate of drug-likeness (QED) is 0.714. The fourth-order valence-electron chi connectivity index (χ4n) is 1.80. The summed E-state index contributed by atoms with van der Waals surface area (Å²) in [6.07, 6.45) is 1.86. The second-order valence-electron chi connectivity index (χ2n) is 4.25. The molecule has 5 heteroatoms. The van der Waals surface area contributed by atoms with Gasteiger partial charge < -0.3 is 11.5 Å². The molecule has 100 valence electrons. The number of pyridine rings is 1. The zero-order valence-electron chi connectivity index (χ0n) is 10.6. The van der Waals surface area contributed by atoms with E-state index in [9.17, 15) is 0 Å². The van der Waals surface area contributed by atoms with Crippen molar-refractivity contribution in [3.8, 4) is 11.3 Å². The topological polar surface area (TPSA) is 64.9 Å². The zero-order chi connectivity index (χ0) is 13.9. The van der Waals surface area contributed by atoms with E-state index in [0.29, 0.717) is 11.4 Å². The van der Waals surface area contributed by atoms with Crippen molar-refractivity contribution in [3.05, 3.63) is 53.4 Å². The molecule has 0 saturated heterocycles. The van der Waals surface area contributed by atoms with Gasteiger partial charge in [0.25, 0.3) is 0 Å². The van der Waals surface area contributed by atoms with Crippen LogP contribution < -0.4 is 11.5 Å². The lowest BCUT2D eigenvalue weighted by Gasteiger charge is -2.07. The third kappa shape index (κ3) is 2.64. The monoisotopic (exact) mass is 299 g/mol. The maximum atomic E-state index is 5.97. The summed E-state index contributed by atoms with van der Waals surface area (Å²) in [4.78, 5) is 6.48. The summed E-state index contributed by atoms with van der Waals surface area (Å²) in [7, 11) is 0. The van der Waals surface area contributed by atoms with Crippen LogP contribution in [0.25, 0.3) is 11.3 Å². The lowest BCUT2D eigenvalue weighted by atomic mass is 10.2. The molecule has 0 aliphatic rings. The minimum Gasteiger partial charge on any atom is -0.397 e. The van der Waals surface area contributed by atoms with Gasteiger partial charge in [-0.1, -0.05) is 17.8 Å². The lowest BCUT2D eigenvalue weighted by Crippen LogP contribution is -1.95. The Morgan fingerprint density at radius 3 is 2.65 bits per heavy atom. The van der Waals surface area contributed by atoms with Crippen LogP contribution in [-0.4, -0.2) is 4.98 Å². The molecule has 0 bridgehead atoms. The highest BCUT2D eigenvalue weighted by molar-refractivity contribution is 7.99. The second kappa shape index (κ2) is 5.56. The van der Waals surface area contributed by atoms with Gasteiger partial charge in [0.1, 0.15) is 0 Å². The Hall–Kier alpha value is -1.98. The highest BCUT2D eigenvalue weighted by Gasteiger charge is 2.05. The van der Waals surface area contributed by atoms with Gasteiger partial charge in [0.15, 0.2) is 0 Å². The Bertz CT molecular complexity index is 706. The second-order valence-corrected chi connectivity index (χ2v) is 6.15. The number of rotatable bonds is 3. The Kier molecular flexibility index (Phi) is 3.62. The van der Waals surface area contributed by atoms with Crippen LogP contribution >= 0.6 is 23.1 Å². The maximum absolute atomic E-state index is 5.97. The number of para-hydroxylation sites is 1. The molecule has 0 aliphatic heterocycles. The van der Waals surface area contributed by atoms with Gasteiger partial charge in [-0.15, -0.1) is 0 Å². The highest BCUT2D eigenvalue weighted by atomic mass is 32.2. The molecule has 20 heavy (non-hydrogen) atoms. The van der Waals surface area contributed by atoms with Gasteiger partial charge in [0.05, 0.1) is 17.1 Å². The molecule has 0 fully saturated rings. The standard InChI is InChI=1S/C15H13N3S2/c16-12-2-1-3-14(15(12)17)20-11-4-5-13(18-8-11)10-6-7-19-9-10/h1-9H,16-17H2. The van der Waals surface area contributed by atoms with Gasteiger partial charge in [-0.25, -0.2) is 0 Å². The molecule has 3 rings (SSSR count). The summed E-state index contributed by atoms with van der Waals surface area (Å²) in [5.74, 6) is 0. The maximum Gasteiger partial charge on any atom is 0.0711 e. The van der Waals surface area contributed by atoms with Crippen LogP contribution in [0.15, 0.2) is 63.1 Å². The van der Waals surface area contributed by atoms with Crippen LogP contribution in [0, 0.1) is 0 Å². The van der Waals surface area contributed by atoms with Gasteiger partial charge in [0.2, 0.25) is 0 Å². The van der Waals surface area contributed by atoms with Gasteiger partial charge in [0, 0.05) is 26.9 Å². The van der Waals surface area contributed by atoms with Crippen LogP contribution in [0.5, 0.6) is 0 Å². The molecule has 0 unspecified atom stereocenters. The summed E-state index contributed by atoms with van der Waals surface area (Å²) in [6, 6.07) is 11.8. The van der Waals surface area contributed by atoms with Crippen molar-refractivity contribution in [3.63, 3.8) is 0 Å². The van der Waals surface area contributed by atoms with E-state index >= 15 is 0 Å². The van der Waals surface area contributed by atoms with E-state index in [4.69, 9.17) is 11.5 Å². The molecule has 0 spiro atoms. The van der Waals surface area contributed by atoms with Gasteiger partial charge in [-0.05, 0) is 35.7 Å². The fraction of sp³-hybridized carbons (Fsp3) is 0. The molecule has 3 nitrogen and oxygen atoms in total. The van der Waals surface area contributed by atoms with Crippen molar-refractivity contribution in [1.82, 2.24) is 4.98 Å². The van der Waals surface area contributed by atoms with Gasteiger partial charge >= 0.3 is 0 Å². The van der Waals surface area contributed by atoms with Gasteiger partial charge in [-0.2, -0.15) is 11.3 Å². The first-order chi connectivity index (χ1) is 9.74. The smallest absolute Gasteiger partial charge is 0.0711 e. The Labute approximate surface area is 125 Å². The molecule has 0 amide bonds. The number of hydrogen-bond acceptors (Lipinski definition) is 5. The first-order valence-corrected chi connectivity index (χ1v) is 7.80. The summed E-state index contributed by atoms with van der Waals surface area (Å²) >= 11 is 3.24. The van der Waals surface area contributed by atoms with Crippen LogP contribution in [0.2, 0.25) is 0 Å². The number of nitrogens with zero attached hydrogens (tertiary/aromatic N) is 1. The van der Waals surface area contributed by atoms with E-state index < -0.39 is 0 Å². The molecule has 0 aliphatic carbocycles. The largest absolute Gasteiger partial charge is 0.397 e. The molecular formula is C15H13N3S2. The molecule has 2 aromatic heterocycles. The van der Waals surface area contributed by atoms with Crippen molar-refractivity contribution >= 4 is 34.5 Å². The summed E-state index contributed by atoms with van der Waals surface area (Å²) in [5.41, 5.74) is 15.1. The Morgan fingerprint density at radius 2 is 1.95 bits per heavy atom. The minimum atomic E-state index is 0.609. The first-order valence-electron chi connectivity index (χ1n) is 6.04. The van der Waals surface area contributed by atoms with Crippen molar-refractivity contribution in [2.24, 2.45) is 0 Å². The molecule has 1 aromatic carbocycles. The zero-order valence-corrected chi connectivity index (χ0v) is 12.2. The van der Waals surface area contributed by atoms with Crippen LogP contribution in [0.3, 0.4) is 0 Å². The predicted molar refractivity (Wildman–Crippen MR) is 86.9 cm³/mol. The van der Waals surface area contributed by atoms with E-state index in [1.165, 1.54) is 0 Å². The molecule has 4 N–H and O–H groups in total. The highest BCUT2D eigenvalue weighted by Crippen LogP contribution is 2.35. The average Bonchev–Trinajstić information content (AvgIpc) is 2.99. The van der Waals surface area contributed by atoms with Crippen LogP contribution in [-0.2, 0) is 0 Å². The third-order valence-corrected chi connectivity index (χ3v) is 4.62. The summed E-state index contributed by atoms with van der Waals surface area (Å²) in [5, 5.41) is 4.14. The van der Waals surface area contributed by atoms with Crippen LogP contribution in [0.1, 0.15) is 0 Å². The van der Waals surface area contributed by atoms with Crippen molar-refractivity contribution in [1.29, 1.82) is 0 Å². The SMILES string of the molecule is Nc1cccc(Sc2ccc(-c3ccsc3)nc2)c1N. The number of thiophene rings is 1. The molecule has 0 saturated carbocycles. The van der Waals surface area contributed by atoms with Crippen molar-refractivity contribution < 1.29 is 0 Å². The average molecular weight is 299 g/mol. The van der Waals surface area contributed by atoms with E-state index in [-0.39, 0.29) is 0 Å². The Morgan fingerprint density at radius 1 is 1.05 bits per heavy atom. The Balaban J connectivity index is 1.83. The van der Waals surface area contributed by atoms with Crippen molar-refractivity contribution in [2.75, 3.05) is 11.5 Å². The molecule has 0 radical (unpaired) electrons. The molecule has 3 aromatic rings. The summed E-state index contributed by atoms with van der Waals surface area (Å²) in [6.45, 7) is 0. The lowest BCUT2D eigenvalue weighted by molar-refractivity contribution is 1.24. The summed E-state index contributed by atoms with van der Waals surface area (Å²) < 4.78 is 0. The predicted octanol–water partition coefficient (Wildman–Crippen LogP) is 4.13. The van der Waals surface area contributed by atoms with E-state index in [1.807, 2.05) is 35.8 Å². The third-order valence-electron chi connectivity index (χ3n) is 2.88. The van der Waals surface area contributed by atoms with Gasteiger partial charge in [-0.3, -0.25) is 4.98 Å². The number of anilines is 2. The fourth-order valence-corrected chi connectivity index (χ4v) is 3.32. The number of nitrogen functional groups attached to an aromatic ring is 2. The van der Waals surface area contributed by atoms with Crippen LogP contribution in [0.4, 0.5) is 11.4 Å². The number of aromatic nitrogens is 1. The number of hydrogen-bond donors (Lipinski definition) is 2. The first kappa shape index (κ1) is 13.0.